The van der Waals surface area contributed by atoms with Crippen molar-refractivity contribution in [1.29, 1.82) is 0 Å². The van der Waals surface area contributed by atoms with Gasteiger partial charge in [0, 0.05) is 6.20 Å². The Morgan fingerprint density at radius 2 is 1.89 bits per heavy atom. The van der Waals surface area contributed by atoms with Crippen molar-refractivity contribution in [3.05, 3.63) is 28.5 Å². The molecule has 0 aliphatic carbocycles. The second kappa shape index (κ2) is 5.35. The summed E-state index contributed by atoms with van der Waals surface area (Å²) in [4.78, 5) is 27.3. The van der Waals surface area contributed by atoms with Gasteiger partial charge >= 0.3 is 11.9 Å². The van der Waals surface area contributed by atoms with Crippen LogP contribution in [0.25, 0.3) is 0 Å². The van der Waals surface area contributed by atoms with Crippen molar-refractivity contribution in [2.24, 2.45) is 0 Å². The summed E-state index contributed by atoms with van der Waals surface area (Å²) < 4.78 is 9.75. The van der Waals surface area contributed by atoms with Crippen LogP contribution < -0.4 is 0 Å². The standard InChI is InChI=1S/C12H14ClNO4/c1-12(2,3)18-11(16)8-7(10(15)17-4)5-6-14-9(8)13/h5-6H,1-4H3. The Morgan fingerprint density at radius 1 is 1.28 bits per heavy atom. The molecule has 0 fully saturated rings. The number of carbonyl (C=O) groups is 2. The van der Waals surface area contributed by atoms with E-state index in [0.29, 0.717) is 0 Å². The minimum absolute atomic E-state index is 0.0340. The molecule has 5 nitrogen and oxygen atoms in total. The molecule has 0 aliphatic heterocycles. The van der Waals surface area contributed by atoms with Crippen LogP contribution in [-0.2, 0) is 9.47 Å². The first kappa shape index (κ1) is 14.4. The van der Waals surface area contributed by atoms with Crippen LogP contribution in [0.1, 0.15) is 41.5 Å². The summed E-state index contributed by atoms with van der Waals surface area (Å²) in [6, 6.07) is 1.36. The van der Waals surface area contributed by atoms with Gasteiger partial charge in [-0.2, -0.15) is 0 Å². The molecule has 1 rings (SSSR count). The molecule has 0 radical (unpaired) electrons. The summed E-state index contributed by atoms with van der Waals surface area (Å²) in [5.41, 5.74) is -0.739. The Kier molecular flexibility index (Phi) is 4.29. The third kappa shape index (κ3) is 3.43. The van der Waals surface area contributed by atoms with E-state index in [1.165, 1.54) is 19.4 Å². The fourth-order valence-corrected chi connectivity index (χ4v) is 1.47. The van der Waals surface area contributed by atoms with Gasteiger partial charge in [-0.15, -0.1) is 0 Å². The Hall–Kier alpha value is -1.62. The van der Waals surface area contributed by atoms with Crippen LogP contribution in [0.3, 0.4) is 0 Å². The third-order valence-corrected chi connectivity index (χ3v) is 2.20. The minimum atomic E-state index is -0.707. The van der Waals surface area contributed by atoms with Gasteiger partial charge in [0.15, 0.2) is 0 Å². The first-order valence-corrected chi connectivity index (χ1v) is 5.60. The zero-order valence-electron chi connectivity index (χ0n) is 10.6. The maximum Gasteiger partial charge on any atom is 0.342 e. The minimum Gasteiger partial charge on any atom is -0.465 e. The molecule has 0 aromatic carbocycles. The number of pyridine rings is 1. The number of hydrogen-bond acceptors (Lipinski definition) is 5. The van der Waals surface area contributed by atoms with E-state index in [4.69, 9.17) is 16.3 Å². The average molecular weight is 272 g/mol. The number of methoxy groups -OCH3 is 1. The van der Waals surface area contributed by atoms with E-state index in [1.807, 2.05) is 0 Å². The molecule has 18 heavy (non-hydrogen) atoms. The van der Waals surface area contributed by atoms with Crippen molar-refractivity contribution in [3.8, 4) is 0 Å². The molecular weight excluding hydrogens is 258 g/mol. The quantitative estimate of drug-likeness (QED) is 0.611. The summed E-state index contributed by atoms with van der Waals surface area (Å²) >= 11 is 5.83. The smallest absolute Gasteiger partial charge is 0.342 e. The van der Waals surface area contributed by atoms with Gasteiger partial charge in [-0.25, -0.2) is 14.6 Å². The molecular formula is C12H14ClNO4. The molecule has 0 spiro atoms. The van der Waals surface area contributed by atoms with Crippen molar-refractivity contribution in [1.82, 2.24) is 4.98 Å². The summed E-state index contributed by atoms with van der Waals surface area (Å²) in [7, 11) is 1.22. The highest BCUT2D eigenvalue weighted by atomic mass is 35.5. The van der Waals surface area contributed by atoms with Crippen LogP contribution in [0.4, 0.5) is 0 Å². The molecule has 1 aromatic heterocycles. The van der Waals surface area contributed by atoms with E-state index in [9.17, 15) is 9.59 Å². The maximum absolute atomic E-state index is 12.0. The molecule has 1 aromatic rings. The molecule has 1 heterocycles. The zero-order valence-corrected chi connectivity index (χ0v) is 11.4. The largest absolute Gasteiger partial charge is 0.465 e. The van der Waals surface area contributed by atoms with Gasteiger partial charge in [-0.1, -0.05) is 11.6 Å². The van der Waals surface area contributed by atoms with Crippen LogP contribution in [0.15, 0.2) is 12.3 Å². The van der Waals surface area contributed by atoms with E-state index < -0.39 is 17.5 Å². The lowest BCUT2D eigenvalue weighted by Crippen LogP contribution is -2.25. The molecule has 0 amide bonds. The van der Waals surface area contributed by atoms with Gasteiger partial charge in [-0.05, 0) is 26.8 Å². The summed E-state index contributed by atoms with van der Waals surface area (Å²) in [6.07, 6.45) is 1.32. The van der Waals surface area contributed by atoms with Crippen molar-refractivity contribution >= 4 is 23.5 Å². The van der Waals surface area contributed by atoms with Gasteiger partial charge in [0.2, 0.25) is 0 Å². The molecule has 0 bridgehead atoms. The lowest BCUT2D eigenvalue weighted by Gasteiger charge is -2.20. The highest BCUT2D eigenvalue weighted by molar-refractivity contribution is 6.33. The molecule has 0 unspecified atom stereocenters. The van der Waals surface area contributed by atoms with Gasteiger partial charge in [-0.3, -0.25) is 0 Å². The van der Waals surface area contributed by atoms with E-state index in [0.717, 1.165) is 0 Å². The molecule has 0 saturated heterocycles. The number of aromatic nitrogens is 1. The average Bonchev–Trinajstić information content (AvgIpc) is 2.25. The molecule has 0 saturated carbocycles. The Morgan fingerprint density at radius 3 is 2.39 bits per heavy atom. The number of ether oxygens (including phenoxy) is 2. The second-order valence-electron chi connectivity index (χ2n) is 4.52. The van der Waals surface area contributed by atoms with Gasteiger partial charge < -0.3 is 9.47 Å². The highest BCUT2D eigenvalue weighted by Crippen LogP contribution is 2.22. The Balaban J connectivity index is 3.22. The number of rotatable bonds is 2. The monoisotopic (exact) mass is 271 g/mol. The molecule has 0 N–H and O–H groups in total. The van der Waals surface area contributed by atoms with Crippen molar-refractivity contribution in [2.75, 3.05) is 7.11 Å². The normalized spacial score (nSPS) is 10.9. The predicted octanol–water partition coefficient (Wildman–Crippen LogP) is 2.48. The summed E-state index contributed by atoms with van der Waals surface area (Å²) in [5.74, 6) is -1.37. The molecule has 98 valence electrons. The molecule has 0 aliphatic rings. The van der Waals surface area contributed by atoms with E-state index in [1.54, 1.807) is 20.8 Å². The van der Waals surface area contributed by atoms with Crippen LogP contribution in [0, 0.1) is 0 Å². The topological polar surface area (TPSA) is 65.5 Å². The lowest BCUT2D eigenvalue weighted by molar-refractivity contribution is 0.00650. The van der Waals surface area contributed by atoms with Gasteiger partial charge in [0.05, 0.1) is 12.7 Å². The molecule has 0 atom stereocenters. The number of carbonyl (C=O) groups excluding carboxylic acids is 2. The SMILES string of the molecule is COC(=O)c1ccnc(Cl)c1C(=O)OC(C)(C)C. The van der Waals surface area contributed by atoms with Crippen LogP contribution in [0.2, 0.25) is 5.15 Å². The van der Waals surface area contributed by atoms with E-state index in [-0.39, 0.29) is 16.3 Å². The van der Waals surface area contributed by atoms with Gasteiger partial charge in [0.1, 0.15) is 16.3 Å². The van der Waals surface area contributed by atoms with Crippen LogP contribution >= 0.6 is 11.6 Å². The lowest BCUT2D eigenvalue weighted by atomic mass is 10.1. The van der Waals surface area contributed by atoms with Crippen LogP contribution in [0.5, 0.6) is 0 Å². The second-order valence-corrected chi connectivity index (χ2v) is 4.88. The first-order valence-electron chi connectivity index (χ1n) is 5.22. The van der Waals surface area contributed by atoms with Crippen molar-refractivity contribution < 1.29 is 19.1 Å². The highest BCUT2D eigenvalue weighted by Gasteiger charge is 2.26. The summed E-state index contributed by atoms with van der Waals surface area (Å²) in [6.45, 7) is 5.15. The summed E-state index contributed by atoms with van der Waals surface area (Å²) in [5, 5.41) is -0.0906. The Bertz CT molecular complexity index is 479. The number of esters is 2. The van der Waals surface area contributed by atoms with E-state index in [2.05, 4.69) is 9.72 Å². The van der Waals surface area contributed by atoms with E-state index >= 15 is 0 Å². The third-order valence-electron chi connectivity index (χ3n) is 1.91. The van der Waals surface area contributed by atoms with Crippen molar-refractivity contribution in [3.63, 3.8) is 0 Å². The fraction of sp³-hybridized carbons (Fsp3) is 0.417. The zero-order chi connectivity index (χ0) is 13.9. The molecule has 6 heteroatoms. The Labute approximate surface area is 110 Å². The number of halogens is 1. The fourth-order valence-electron chi connectivity index (χ4n) is 1.24. The maximum atomic E-state index is 12.0. The number of hydrogen-bond donors (Lipinski definition) is 0. The number of nitrogens with zero attached hydrogens (tertiary/aromatic N) is 1. The van der Waals surface area contributed by atoms with Gasteiger partial charge in [0.25, 0.3) is 0 Å². The first-order chi connectivity index (χ1) is 8.26. The van der Waals surface area contributed by atoms with Crippen molar-refractivity contribution in [2.45, 2.75) is 26.4 Å². The predicted molar refractivity (Wildman–Crippen MR) is 65.8 cm³/mol. The van der Waals surface area contributed by atoms with Crippen LogP contribution in [-0.4, -0.2) is 29.6 Å².